The summed E-state index contributed by atoms with van der Waals surface area (Å²) in [5.41, 5.74) is 0.993. The number of ether oxygens (including phenoxy) is 5. The van der Waals surface area contributed by atoms with Crippen molar-refractivity contribution in [1.82, 2.24) is 0 Å². The molecule has 0 bridgehead atoms. The lowest BCUT2D eigenvalue weighted by Crippen LogP contribution is -2.14. The molecular formula is C26H28O6. The quantitative estimate of drug-likeness (QED) is 0.211. The molecule has 0 radical (unpaired) electrons. The van der Waals surface area contributed by atoms with Gasteiger partial charge in [0.05, 0.1) is 26.4 Å². The predicted octanol–water partition coefficient (Wildman–Crippen LogP) is 5.08. The second-order valence-corrected chi connectivity index (χ2v) is 6.93. The Bertz CT molecular complexity index is 1020. The van der Waals surface area contributed by atoms with Crippen molar-refractivity contribution in [3.05, 3.63) is 78.9 Å². The van der Waals surface area contributed by atoms with Gasteiger partial charge in [0, 0.05) is 16.8 Å². The van der Waals surface area contributed by atoms with E-state index in [1.807, 2.05) is 67.6 Å². The SMILES string of the molecule is C=CC(=O)OCCOCCOCCOc1c(C)cc(Oc2ccccc2)c2ccccc12. The number of carbonyl (C=O) groups is 1. The first kappa shape index (κ1) is 23.3. The summed E-state index contributed by atoms with van der Waals surface area (Å²) < 4.78 is 27.9. The summed E-state index contributed by atoms with van der Waals surface area (Å²) in [6.45, 7) is 7.56. The van der Waals surface area contributed by atoms with Crippen LogP contribution >= 0.6 is 0 Å². The molecule has 3 aromatic carbocycles. The Morgan fingerprint density at radius 2 is 1.47 bits per heavy atom. The second-order valence-electron chi connectivity index (χ2n) is 6.93. The topological polar surface area (TPSA) is 63.2 Å². The standard InChI is InChI=1S/C26H28O6/c1-3-25(27)30-17-15-28-13-14-29-16-18-31-26-20(2)19-24(22-11-7-8-12-23(22)26)32-21-9-5-4-6-10-21/h3-12,19H,1,13-18H2,2H3. The summed E-state index contributed by atoms with van der Waals surface area (Å²) in [6, 6.07) is 19.8. The Morgan fingerprint density at radius 3 is 2.19 bits per heavy atom. The fourth-order valence-electron chi connectivity index (χ4n) is 3.12. The molecule has 0 amide bonds. The number of carbonyl (C=O) groups excluding carboxylic acids is 1. The molecule has 0 spiro atoms. The summed E-state index contributed by atoms with van der Waals surface area (Å²) >= 11 is 0. The van der Waals surface area contributed by atoms with Crippen LogP contribution in [-0.4, -0.2) is 45.6 Å². The number of benzene rings is 3. The van der Waals surface area contributed by atoms with E-state index in [9.17, 15) is 4.79 Å². The molecule has 0 fully saturated rings. The fraction of sp³-hybridized carbons (Fsp3) is 0.269. The van der Waals surface area contributed by atoms with Crippen LogP contribution < -0.4 is 9.47 Å². The van der Waals surface area contributed by atoms with Crippen LogP contribution in [0, 0.1) is 6.92 Å². The van der Waals surface area contributed by atoms with Crippen molar-refractivity contribution in [2.45, 2.75) is 6.92 Å². The van der Waals surface area contributed by atoms with E-state index in [1.165, 1.54) is 0 Å². The van der Waals surface area contributed by atoms with Crippen LogP contribution in [0.2, 0.25) is 0 Å². The average molecular weight is 437 g/mol. The van der Waals surface area contributed by atoms with Gasteiger partial charge in [-0.1, -0.05) is 49.0 Å². The van der Waals surface area contributed by atoms with Crippen molar-refractivity contribution >= 4 is 16.7 Å². The van der Waals surface area contributed by atoms with E-state index in [1.54, 1.807) is 0 Å². The summed E-state index contributed by atoms with van der Waals surface area (Å²) in [5.74, 6) is 1.96. The maximum atomic E-state index is 10.9. The molecule has 3 rings (SSSR count). The van der Waals surface area contributed by atoms with Crippen molar-refractivity contribution in [1.29, 1.82) is 0 Å². The molecule has 0 aliphatic heterocycles. The lowest BCUT2D eigenvalue weighted by atomic mass is 10.0. The maximum Gasteiger partial charge on any atom is 0.330 e. The van der Waals surface area contributed by atoms with Gasteiger partial charge in [-0.25, -0.2) is 4.79 Å². The molecule has 0 N–H and O–H groups in total. The second kappa shape index (κ2) is 12.5. The number of para-hydroxylation sites is 1. The zero-order valence-corrected chi connectivity index (χ0v) is 18.3. The summed E-state index contributed by atoms with van der Waals surface area (Å²) in [7, 11) is 0. The van der Waals surface area contributed by atoms with Crippen LogP contribution in [0.4, 0.5) is 0 Å². The van der Waals surface area contributed by atoms with Gasteiger partial charge < -0.3 is 23.7 Å². The number of fused-ring (bicyclic) bond motifs is 1. The molecule has 32 heavy (non-hydrogen) atoms. The van der Waals surface area contributed by atoms with Crippen LogP contribution in [0.1, 0.15) is 5.56 Å². The third-order valence-electron chi connectivity index (χ3n) is 4.60. The zero-order valence-electron chi connectivity index (χ0n) is 18.3. The van der Waals surface area contributed by atoms with Gasteiger partial charge in [0.25, 0.3) is 0 Å². The average Bonchev–Trinajstić information content (AvgIpc) is 2.82. The van der Waals surface area contributed by atoms with Crippen molar-refractivity contribution in [2.75, 3.05) is 39.6 Å². The van der Waals surface area contributed by atoms with E-state index in [0.717, 1.165) is 39.7 Å². The van der Waals surface area contributed by atoms with Crippen molar-refractivity contribution in [3.8, 4) is 17.2 Å². The molecular weight excluding hydrogens is 408 g/mol. The summed E-state index contributed by atoms with van der Waals surface area (Å²) in [5, 5.41) is 1.99. The molecule has 0 aromatic heterocycles. The fourth-order valence-corrected chi connectivity index (χ4v) is 3.12. The molecule has 0 unspecified atom stereocenters. The van der Waals surface area contributed by atoms with Crippen LogP contribution in [-0.2, 0) is 19.0 Å². The Hall–Kier alpha value is -3.35. The summed E-state index contributed by atoms with van der Waals surface area (Å²) in [4.78, 5) is 10.9. The molecule has 6 heteroatoms. The van der Waals surface area contributed by atoms with Gasteiger partial charge >= 0.3 is 5.97 Å². The van der Waals surface area contributed by atoms with Gasteiger partial charge in [0.15, 0.2) is 0 Å². The van der Waals surface area contributed by atoms with E-state index in [2.05, 4.69) is 6.58 Å². The first-order chi connectivity index (χ1) is 15.7. The first-order valence-corrected chi connectivity index (χ1v) is 10.5. The van der Waals surface area contributed by atoms with Crippen molar-refractivity contribution < 1.29 is 28.5 Å². The molecule has 168 valence electrons. The minimum Gasteiger partial charge on any atom is -0.490 e. The number of hydrogen-bond acceptors (Lipinski definition) is 6. The highest BCUT2D eigenvalue weighted by Crippen LogP contribution is 2.38. The van der Waals surface area contributed by atoms with Crippen LogP contribution in [0.3, 0.4) is 0 Å². The lowest BCUT2D eigenvalue weighted by molar-refractivity contribution is -0.139. The lowest BCUT2D eigenvalue weighted by Gasteiger charge is -2.16. The smallest absolute Gasteiger partial charge is 0.330 e. The normalized spacial score (nSPS) is 10.7. The molecule has 0 saturated heterocycles. The van der Waals surface area contributed by atoms with Crippen LogP contribution in [0.15, 0.2) is 73.3 Å². The summed E-state index contributed by atoms with van der Waals surface area (Å²) in [6.07, 6.45) is 1.12. The Kier molecular flexibility index (Phi) is 9.10. The molecule has 0 aliphatic rings. The molecule has 0 atom stereocenters. The van der Waals surface area contributed by atoms with E-state index in [4.69, 9.17) is 23.7 Å². The largest absolute Gasteiger partial charge is 0.490 e. The van der Waals surface area contributed by atoms with Crippen LogP contribution in [0.5, 0.6) is 17.2 Å². The van der Waals surface area contributed by atoms with Crippen molar-refractivity contribution in [2.24, 2.45) is 0 Å². The Balaban J connectivity index is 1.48. The monoisotopic (exact) mass is 436 g/mol. The number of rotatable bonds is 13. The first-order valence-electron chi connectivity index (χ1n) is 10.5. The molecule has 6 nitrogen and oxygen atoms in total. The van der Waals surface area contributed by atoms with E-state index < -0.39 is 5.97 Å². The van der Waals surface area contributed by atoms with Gasteiger partial charge in [0.2, 0.25) is 0 Å². The minimum atomic E-state index is -0.454. The van der Waals surface area contributed by atoms with E-state index >= 15 is 0 Å². The Labute approximate surface area is 188 Å². The molecule has 0 aliphatic carbocycles. The third kappa shape index (κ3) is 6.83. The highest BCUT2D eigenvalue weighted by Gasteiger charge is 2.12. The molecule has 0 heterocycles. The highest BCUT2D eigenvalue weighted by molar-refractivity contribution is 5.94. The van der Waals surface area contributed by atoms with Crippen molar-refractivity contribution in [3.63, 3.8) is 0 Å². The highest BCUT2D eigenvalue weighted by atomic mass is 16.6. The van der Waals surface area contributed by atoms with Gasteiger partial charge in [-0.15, -0.1) is 0 Å². The third-order valence-corrected chi connectivity index (χ3v) is 4.60. The van der Waals surface area contributed by atoms with E-state index in [-0.39, 0.29) is 6.61 Å². The van der Waals surface area contributed by atoms with Crippen LogP contribution in [0.25, 0.3) is 10.8 Å². The minimum absolute atomic E-state index is 0.199. The van der Waals surface area contributed by atoms with Gasteiger partial charge in [-0.2, -0.15) is 0 Å². The maximum absolute atomic E-state index is 10.9. The number of aryl methyl sites for hydroxylation is 1. The number of esters is 1. The van der Waals surface area contributed by atoms with Gasteiger partial charge in [0.1, 0.15) is 30.5 Å². The van der Waals surface area contributed by atoms with Gasteiger partial charge in [-0.05, 0) is 30.7 Å². The zero-order chi connectivity index (χ0) is 22.6. The van der Waals surface area contributed by atoms with Gasteiger partial charge in [-0.3, -0.25) is 0 Å². The Morgan fingerprint density at radius 1 is 0.844 bits per heavy atom. The predicted molar refractivity (Wildman–Crippen MR) is 123 cm³/mol. The number of hydrogen-bond donors (Lipinski definition) is 0. The van der Waals surface area contributed by atoms with E-state index in [0.29, 0.717) is 33.0 Å². The molecule has 3 aromatic rings. The molecule has 0 saturated carbocycles.